The molecule has 0 bridgehead atoms. The van der Waals surface area contributed by atoms with Gasteiger partial charge in [0.1, 0.15) is 29.1 Å². The van der Waals surface area contributed by atoms with E-state index in [2.05, 4.69) is 5.32 Å². The van der Waals surface area contributed by atoms with Crippen LogP contribution in [-0.2, 0) is 49.0 Å². The maximum atomic E-state index is 11.9. The van der Waals surface area contributed by atoms with Crippen LogP contribution in [0.4, 0.5) is 0 Å². The van der Waals surface area contributed by atoms with Crippen LogP contribution >= 0.6 is 11.8 Å². The van der Waals surface area contributed by atoms with Crippen molar-refractivity contribution in [2.45, 2.75) is 63.6 Å². The van der Waals surface area contributed by atoms with E-state index < -0.39 is 53.8 Å². The van der Waals surface area contributed by atoms with Gasteiger partial charge >= 0.3 is 17.9 Å². The molecule has 31 heavy (non-hydrogen) atoms. The standard InChI is InChI=1S/C19H31NO9S2/c1-10(22)20-14(9-31(6)8-7-21)15-16(26-11(2)23)17(27-12(3)24)18(28-13(4)25)19(29-15)30-5/h14-19,21H,7-9H2,1-6H3/p+1/t14-,15+,16-,17-,18+,19+,31?/m0/s1. The predicted molar refractivity (Wildman–Crippen MR) is 117 cm³/mol. The van der Waals surface area contributed by atoms with Gasteiger partial charge < -0.3 is 29.4 Å². The summed E-state index contributed by atoms with van der Waals surface area (Å²) in [5.74, 6) is -1.26. The molecule has 7 atom stereocenters. The van der Waals surface area contributed by atoms with Gasteiger partial charge in [-0.1, -0.05) is 0 Å². The average Bonchev–Trinajstić information content (AvgIpc) is 2.62. The Kier molecular flexibility index (Phi) is 11.7. The van der Waals surface area contributed by atoms with E-state index in [1.165, 1.54) is 39.5 Å². The maximum Gasteiger partial charge on any atom is 0.303 e. The zero-order chi connectivity index (χ0) is 23.7. The fourth-order valence-electron chi connectivity index (χ4n) is 3.34. The van der Waals surface area contributed by atoms with Crippen LogP contribution in [0.15, 0.2) is 0 Å². The lowest BCUT2D eigenvalue weighted by molar-refractivity contribution is -0.234. The number of carbonyl (C=O) groups is 4. The Morgan fingerprint density at radius 1 is 1.00 bits per heavy atom. The summed E-state index contributed by atoms with van der Waals surface area (Å²) in [4.78, 5) is 47.3. The van der Waals surface area contributed by atoms with E-state index in [0.29, 0.717) is 11.5 Å². The SMILES string of the molecule is CS[C@H]1O[C@H]([C@H](C[S+](C)CCO)NC(C)=O)[C@H](OC(C)=O)[C@H](OC(C)=O)[C@H]1OC(C)=O. The van der Waals surface area contributed by atoms with Crippen molar-refractivity contribution in [3.05, 3.63) is 0 Å². The van der Waals surface area contributed by atoms with Crippen molar-refractivity contribution in [1.82, 2.24) is 5.32 Å². The molecule has 0 aromatic heterocycles. The molecule has 0 radical (unpaired) electrons. The maximum absolute atomic E-state index is 11.9. The number of rotatable bonds is 10. The Morgan fingerprint density at radius 3 is 1.97 bits per heavy atom. The Morgan fingerprint density at radius 2 is 1.52 bits per heavy atom. The van der Waals surface area contributed by atoms with Gasteiger partial charge in [0.25, 0.3) is 0 Å². The first-order chi connectivity index (χ1) is 14.5. The minimum atomic E-state index is -1.13. The normalized spacial score (nSPS) is 27.5. The van der Waals surface area contributed by atoms with E-state index in [4.69, 9.17) is 18.9 Å². The molecule has 0 aliphatic carbocycles. The lowest BCUT2D eigenvalue weighted by Crippen LogP contribution is -2.66. The van der Waals surface area contributed by atoms with Gasteiger partial charge in [0.05, 0.1) is 12.9 Å². The largest absolute Gasteiger partial charge is 0.456 e. The number of aliphatic hydroxyl groups excluding tert-OH is 1. The van der Waals surface area contributed by atoms with Crippen LogP contribution in [0, 0.1) is 0 Å². The fraction of sp³-hybridized carbons (Fsp3) is 0.789. The molecule has 1 rings (SSSR count). The number of aliphatic hydroxyl groups is 1. The van der Waals surface area contributed by atoms with Crippen LogP contribution in [0.25, 0.3) is 0 Å². The van der Waals surface area contributed by atoms with Gasteiger partial charge in [0.15, 0.2) is 18.3 Å². The van der Waals surface area contributed by atoms with Gasteiger partial charge in [-0.15, -0.1) is 11.8 Å². The minimum absolute atomic E-state index is 0.0106. The van der Waals surface area contributed by atoms with Gasteiger partial charge in [0.2, 0.25) is 5.91 Å². The molecular formula is C19H32NO9S2+. The summed E-state index contributed by atoms with van der Waals surface area (Å²) >= 11 is 1.24. The predicted octanol–water partition coefficient (Wildman–Crippen LogP) is -0.385. The summed E-state index contributed by atoms with van der Waals surface area (Å²) in [7, 11) is -0.284. The van der Waals surface area contributed by atoms with Gasteiger partial charge in [-0.2, -0.15) is 0 Å². The number of carbonyl (C=O) groups excluding carboxylic acids is 4. The van der Waals surface area contributed by atoms with Crippen molar-refractivity contribution >= 4 is 46.5 Å². The van der Waals surface area contributed by atoms with Crippen LogP contribution in [0.1, 0.15) is 27.7 Å². The number of esters is 3. The first kappa shape index (κ1) is 27.5. The molecule has 1 aliphatic heterocycles. The molecule has 1 aliphatic rings. The summed E-state index contributed by atoms with van der Waals surface area (Å²) in [6.07, 6.45) is -0.487. The molecule has 0 saturated carbocycles. The van der Waals surface area contributed by atoms with Crippen molar-refractivity contribution in [2.75, 3.05) is 30.6 Å². The van der Waals surface area contributed by atoms with Gasteiger partial charge in [-0.25, -0.2) is 0 Å². The quantitative estimate of drug-likeness (QED) is 0.241. The Hall–Kier alpha value is -1.50. The molecule has 1 heterocycles. The Balaban J connectivity index is 3.42. The second-order valence-electron chi connectivity index (χ2n) is 7.11. The zero-order valence-electron chi connectivity index (χ0n) is 18.6. The first-order valence-corrected chi connectivity index (χ1v) is 12.9. The number of hydrogen-bond acceptors (Lipinski definition) is 10. The van der Waals surface area contributed by atoms with Crippen LogP contribution in [0.3, 0.4) is 0 Å². The van der Waals surface area contributed by atoms with E-state index in [1.807, 2.05) is 6.26 Å². The fourth-order valence-corrected chi connectivity index (χ4v) is 5.43. The highest BCUT2D eigenvalue weighted by Gasteiger charge is 2.54. The van der Waals surface area contributed by atoms with E-state index in [9.17, 15) is 24.3 Å². The number of amides is 1. The third-order valence-electron chi connectivity index (χ3n) is 4.36. The molecule has 0 spiro atoms. The summed E-state index contributed by atoms with van der Waals surface area (Å²) in [6, 6.07) is -0.604. The third kappa shape index (κ3) is 8.87. The van der Waals surface area contributed by atoms with E-state index in [1.54, 1.807) is 6.26 Å². The highest BCUT2D eigenvalue weighted by Crippen LogP contribution is 2.34. The summed E-state index contributed by atoms with van der Waals surface area (Å²) in [5.41, 5.74) is -0.738. The molecule has 0 aromatic carbocycles. The minimum Gasteiger partial charge on any atom is -0.456 e. The van der Waals surface area contributed by atoms with Gasteiger partial charge in [-0.05, 0) is 17.2 Å². The molecule has 0 aromatic rings. The first-order valence-electron chi connectivity index (χ1n) is 9.67. The topological polar surface area (TPSA) is 137 Å². The van der Waals surface area contributed by atoms with Crippen molar-refractivity contribution in [2.24, 2.45) is 0 Å². The number of ether oxygens (including phenoxy) is 4. The number of nitrogens with one attached hydrogen (secondary N) is 1. The van der Waals surface area contributed by atoms with Gasteiger partial charge in [0, 0.05) is 27.7 Å². The lowest BCUT2D eigenvalue weighted by Gasteiger charge is -2.46. The van der Waals surface area contributed by atoms with Gasteiger partial charge in [-0.3, -0.25) is 19.2 Å². The average molecular weight is 483 g/mol. The van der Waals surface area contributed by atoms with Crippen LogP contribution < -0.4 is 5.32 Å². The Labute approximate surface area is 189 Å². The van der Waals surface area contributed by atoms with Crippen LogP contribution in [0.2, 0.25) is 0 Å². The monoisotopic (exact) mass is 482 g/mol. The second-order valence-corrected chi connectivity index (χ2v) is 10.4. The summed E-state index contributed by atoms with van der Waals surface area (Å²) in [5, 5.41) is 12.1. The molecular weight excluding hydrogens is 450 g/mol. The van der Waals surface area contributed by atoms with Crippen molar-refractivity contribution in [1.29, 1.82) is 0 Å². The zero-order valence-corrected chi connectivity index (χ0v) is 20.2. The summed E-state index contributed by atoms with van der Waals surface area (Å²) in [6.45, 7) is 4.96. The number of thioether (sulfide) groups is 1. The lowest BCUT2D eigenvalue weighted by atomic mass is 9.94. The molecule has 2 N–H and O–H groups in total. The highest BCUT2D eigenvalue weighted by atomic mass is 32.2. The van der Waals surface area contributed by atoms with E-state index >= 15 is 0 Å². The van der Waals surface area contributed by atoms with E-state index in [0.717, 1.165) is 0 Å². The molecule has 12 heteroatoms. The van der Waals surface area contributed by atoms with Crippen molar-refractivity contribution in [3.8, 4) is 0 Å². The Bertz CT molecular complexity index is 648. The third-order valence-corrected chi connectivity index (χ3v) is 7.01. The number of hydrogen-bond donors (Lipinski definition) is 2. The molecule has 178 valence electrons. The summed E-state index contributed by atoms with van der Waals surface area (Å²) < 4.78 is 22.5. The second kappa shape index (κ2) is 13.1. The van der Waals surface area contributed by atoms with Crippen LogP contribution in [-0.4, -0.2) is 95.4 Å². The molecule has 1 saturated heterocycles. The smallest absolute Gasteiger partial charge is 0.303 e. The molecule has 1 fully saturated rings. The highest BCUT2D eigenvalue weighted by molar-refractivity contribution is 7.99. The van der Waals surface area contributed by atoms with Crippen LogP contribution in [0.5, 0.6) is 0 Å². The molecule has 1 amide bonds. The molecule has 1 unspecified atom stereocenters. The van der Waals surface area contributed by atoms with Crippen molar-refractivity contribution in [3.63, 3.8) is 0 Å². The van der Waals surface area contributed by atoms with Crippen molar-refractivity contribution < 1.29 is 43.2 Å². The van der Waals surface area contributed by atoms with E-state index in [-0.39, 0.29) is 23.4 Å². The molecule has 10 nitrogen and oxygen atoms in total.